The molecule has 1 unspecified atom stereocenters. The molecule has 8 nitrogen and oxygen atoms in total. The Morgan fingerprint density at radius 1 is 1.39 bits per heavy atom. The fourth-order valence-electron chi connectivity index (χ4n) is 2.56. The van der Waals surface area contributed by atoms with Gasteiger partial charge in [0.25, 0.3) is 0 Å². The Balaban J connectivity index is 1.74. The molecule has 0 radical (unpaired) electrons. The van der Waals surface area contributed by atoms with Crippen LogP contribution in [0.3, 0.4) is 0 Å². The van der Waals surface area contributed by atoms with E-state index in [4.69, 9.17) is 0 Å². The minimum Gasteiger partial charge on any atom is -0.356 e. The van der Waals surface area contributed by atoms with E-state index < -0.39 is 10.0 Å². The summed E-state index contributed by atoms with van der Waals surface area (Å²) >= 11 is 0. The maximum Gasteiger partial charge on any atom is 0.224 e. The molecule has 0 aliphatic carbocycles. The highest BCUT2D eigenvalue weighted by molar-refractivity contribution is 7.88. The van der Waals surface area contributed by atoms with Crippen LogP contribution in [0.2, 0.25) is 0 Å². The maximum absolute atomic E-state index is 12.2. The lowest BCUT2D eigenvalue weighted by molar-refractivity contribution is -0.125. The minimum atomic E-state index is -3.17. The summed E-state index contributed by atoms with van der Waals surface area (Å²) in [5.74, 6) is 0.730. The van der Waals surface area contributed by atoms with Gasteiger partial charge in [-0.3, -0.25) is 9.78 Å². The monoisotopic (exact) mass is 341 g/mol. The molecule has 1 aliphatic rings. The quantitative estimate of drug-likeness (QED) is 0.663. The molecule has 0 spiro atoms. The molecule has 0 saturated carbocycles. The molecule has 1 aromatic rings. The molecule has 2 heterocycles. The number of anilines is 1. The molecule has 1 amide bonds. The van der Waals surface area contributed by atoms with Crippen LogP contribution in [-0.4, -0.2) is 56.7 Å². The van der Waals surface area contributed by atoms with Crippen LogP contribution in [0, 0.1) is 5.92 Å². The molecule has 0 bridgehead atoms. The predicted octanol–water partition coefficient (Wildman–Crippen LogP) is -0.251. The molecular formula is C14H23N5O3S. The second-order valence-corrected chi connectivity index (χ2v) is 7.49. The van der Waals surface area contributed by atoms with Gasteiger partial charge in [0.05, 0.1) is 18.4 Å². The molecule has 1 fully saturated rings. The van der Waals surface area contributed by atoms with Crippen LogP contribution in [0.15, 0.2) is 18.6 Å². The van der Waals surface area contributed by atoms with E-state index in [2.05, 4.69) is 24.9 Å². The summed E-state index contributed by atoms with van der Waals surface area (Å²) in [6, 6.07) is 0. The largest absolute Gasteiger partial charge is 0.356 e. The van der Waals surface area contributed by atoms with E-state index in [1.54, 1.807) is 18.6 Å². The van der Waals surface area contributed by atoms with Crippen molar-refractivity contribution in [3.8, 4) is 0 Å². The third kappa shape index (κ3) is 6.11. The number of rotatable bonds is 7. The predicted molar refractivity (Wildman–Crippen MR) is 87.4 cm³/mol. The van der Waals surface area contributed by atoms with Gasteiger partial charge in [-0.05, 0) is 19.3 Å². The third-order valence-electron chi connectivity index (χ3n) is 3.68. The fourth-order valence-corrected chi connectivity index (χ4v) is 3.07. The van der Waals surface area contributed by atoms with Crippen molar-refractivity contribution >= 4 is 21.7 Å². The smallest absolute Gasteiger partial charge is 0.224 e. The summed E-state index contributed by atoms with van der Waals surface area (Å²) in [5.41, 5.74) is 0. The van der Waals surface area contributed by atoms with E-state index in [1.807, 2.05) is 0 Å². The SMILES string of the molecule is CS(=O)(=O)NCCCNC(=O)C1CCCN(c2cnccn2)C1. The van der Waals surface area contributed by atoms with Gasteiger partial charge < -0.3 is 10.2 Å². The Morgan fingerprint density at radius 3 is 2.91 bits per heavy atom. The first-order valence-corrected chi connectivity index (χ1v) is 9.58. The van der Waals surface area contributed by atoms with Crippen molar-refractivity contribution in [1.82, 2.24) is 20.0 Å². The molecule has 2 N–H and O–H groups in total. The lowest BCUT2D eigenvalue weighted by atomic mass is 9.97. The van der Waals surface area contributed by atoms with E-state index in [9.17, 15) is 13.2 Å². The van der Waals surface area contributed by atoms with E-state index in [1.165, 1.54) is 0 Å². The van der Waals surface area contributed by atoms with Gasteiger partial charge >= 0.3 is 0 Å². The first-order valence-electron chi connectivity index (χ1n) is 7.69. The van der Waals surface area contributed by atoms with Crippen molar-refractivity contribution in [1.29, 1.82) is 0 Å². The molecule has 1 aromatic heterocycles. The topological polar surface area (TPSA) is 104 Å². The van der Waals surface area contributed by atoms with E-state index in [0.717, 1.165) is 31.5 Å². The number of carbonyl (C=O) groups excluding carboxylic acids is 1. The highest BCUT2D eigenvalue weighted by Crippen LogP contribution is 2.20. The second-order valence-electron chi connectivity index (χ2n) is 5.66. The van der Waals surface area contributed by atoms with Crippen molar-refractivity contribution in [3.05, 3.63) is 18.6 Å². The van der Waals surface area contributed by atoms with Gasteiger partial charge in [0.15, 0.2) is 0 Å². The minimum absolute atomic E-state index is 0.0120. The van der Waals surface area contributed by atoms with Gasteiger partial charge in [0.1, 0.15) is 5.82 Å². The zero-order chi connectivity index (χ0) is 16.7. The Labute approximate surface area is 136 Å². The van der Waals surface area contributed by atoms with Gasteiger partial charge in [-0.2, -0.15) is 0 Å². The molecule has 0 aromatic carbocycles. The highest BCUT2D eigenvalue weighted by atomic mass is 32.2. The highest BCUT2D eigenvalue weighted by Gasteiger charge is 2.26. The van der Waals surface area contributed by atoms with Crippen molar-refractivity contribution < 1.29 is 13.2 Å². The molecule has 2 rings (SSSR count). The van der Waals surface area contributed by atoms with Crippen molar-refractivity contribution in [2.75, 3.05) is 37.3 Å². The summed E-state index contributed by atoms with van der Waals surface area (Å²) < 4.78 is 24.3. The molecule has 23 heavy (non-hydrogen) atoms. The molecule has 128 valence electrons. The Hall–Kier alpha value is -1.74. The van der Waals surface area contributed by atoms with Crippen LogP contribution < -0.4 is 14.9 Å². The summed E-state index contributed by atoms with van der Waals surface area (Å²) in [4.78, 5) is 22.6. The van der Waals surface area contributed by atoms with E-state index >= 15 is 0 Å². The number of piperidine rings is 1. The Morgan fingerprint density at radius 2 is 2.22 bits per heavy atom. The maximum atomic E-state index is 12.2. The van der Waals surface area contributed by atoms with Crippen LogP contribution in [0.25, 0.3) is 0 Å². The summed E-state index contributed by atoms with van der Waals surface area (Å²) in [6.45, 7) is 2.30. The number of amides is 1. The number of aromatic nitrogens is 2. The molecule has 1 saturated heterocycles. The van der Waals surface area contributed by atoms with Crippen molar-refractivity contribution in [2.24, 2.45) is 5.92 Å². The molecular weight excluding hydrogens is 318 g/mol. The van der Waals surface area contributed by atoms with Gasteiger partial charge in [-0.15, -0.1) is 0 Å². The summed E-state index contributed by atoms with van der Waals surface area (Å²) in [7, 11) is -3.17. The van der Waals surface area contributed by atoms with Crippen LogP contribution in [-0.2, 0) is 14.8 Å². The number of sulfonamides is 1. The standard InChI is InChI=1S/C14H23N5O3S/c1-23(21,22)18-6-3-5-17-14(20)12-4-2-9-19(11-12)13-10-15-7-8-16-13/h7-8,10,12,18H,2-6,9,11H2,1H3,(H,17,20). The van der Waals surface area contributed by atoms with Crippen LogP contribution in [0.4, 0.5) is 5.82 Å². The zero-order valence-corrected chi connectivity index (χ0v) is 14.1. The number of hydrogen-bond donors (Lipinski definition) is 2. The van der Waals surface area contributed by atoms with Gasteiger partial charge in [-0.1, -0.05) is 0 Å². The number of nitrogens with zero attached hydrogens (tertiary/aromatic N) is 3. The van der Waals surface area contributed by atoms with Crippen molar-refractivity contribution in [2.45, 2.75) is 19.3 Å². The third-order valence-corrected chi connectivity index (χ3v) is 4.41. The summed E-state index contributed by atoms with van der Waals surface area (Å²) in [6.07, 6.45) is 8.45. The number of hydrogen-bond acceptors (Lipinski definition) is 6. The van der Waals surface area contributed by atoms with Gasteiger partial charge in [-0.25, -0.2) is 18.1 Å². The molecule has 9 heteroatoms. The van der Waals surface area contributed by atoms with Gasteiger partial charge in [0.2, 0.25) is 15.9 Å². The average Bonchev–Trinajstić information content (AvgIpc) is 2.54. The fraction of sp³-hybridized carbons (Fsp3) is 0.643. The lowest BCUT2D eigenvalue weighted by Gasteiger charge is -2.32. The Kier molecular flexibility index (Phi) is 6.28. The van der Waals surface area contributed by atoms with Crippen LogP contribution >= 0.6 is 0 Å². The number of nitrogens with one attached hydrogen (secondary N) is 2. The van der Waals surface area contributed by atoms with E-state index in [-0.39, 0.29) is 11.8 Å². The van der Waals surface area contributed by atoms with Crippen molar-refractivity contribution in [3.63, 3.8) is 0 Å². The summed E-state index contributed by atoms with van der Waals surface area (Å²) in [5, 5.41) is 2.87. The van der Waals surface area contributed by atoms with Gasteiger partial charge in [0, 0.05) is 38.6 Å². The normalized spacial score (nSPS) is 18.7. The Bertz CT molecular complexity index is 608. The first-order chi connectivity index (χ1) is 11.0. The average molecular weight is 341 g/mol. The molecule has 1 aliphatic heterocycles. The zero-order valence-electron chi connectivity index (χ0n) is 13.2. The van der Waals surface area contributed by atoms with Crippen LogP contribution in [0.5, 0.6) is 0 Å². The second kappa shape index (κ2) is 8.21. The molecule has 1 atom stereocenters. The van der Waals surface area contributed by atoms with Crippen LogP contribution in [0.1, 0.15) is 19.3 Å². The number of carbonyl (C=O) groups is 1. The first kappa shape index (κ1) is 17.6. The lowest BCUT2D eigenvalue weighted by Crippen LogP contribution is -2.43. The van der Waals surface area contributed by atoms with E-state index in [0.29, 0.717) is 26.1 Å².